The van der Waals surface area contributed by atoms with Crippen LogP contribution in [0.3, 0.4) is 0 Å². The Hall–Kier alpha value is -0.990. The van der Waals surface area contributed by atoms with Gasteiger partial charge in [-0.15, -0.1) is 0 Å². The Morgan fingerprint density at radius 1 is 1.40 bits per heavy atom. The third kappa shape index (κ3) is 7.03. The Kier molecular flexibility index (Phi) is 9.02. The molecule has 25 heavy (non-hydrogen) atoms. The molecule has 146 valence electrons. The predicted molar refractivity (Wildman–Crippen MR) is 91.4 cm³/mol. The molecule has 2 N–H and O–H groups in total. The number of carbonyl (C=O) groups is 1. The lowest BCUT2D eigenvalue weighted by Gasteiger charge is -2.40. The van der Waals surface area contributed by atoms with E-state index < -0.39 is 18.0 Å². The van der Waals surface area contributed by atoms with E-state index in [9.17, 15) is 15.0 Å². The van der Waals surface area contributed by atoms with Gasteiger partial charge in [-0.3, -0.25) is 4.79 Å². The summed E-state index contributed by atoms with van der Waals surface area (Å²) in [5, 5.41) is 19.5. The van der Waals surface area contributed by atoms with Crippen LogP contribution in [-0.2, 0) is 24.0 Å². The second-order valence-corrected chi connectivity index (χ2v) is 6.84. The van der Waals surface area contributed by atoms with Gasteiger partial charge in [0.05, 0.1) is 25.7 Å². The van der Waals surface area contributed by atoms with Crippen molar-refractivity contribution in [3.63, 3.8) is 0 Å². The highest BCUT2D eigenvalue weighted by atomic mass is 17.2. The molecule has 0 unspecified atom stereocenters. The van der Waals surface area contributed by atoms with E-state index in [-0.39, 0.29) is 24.4 Å². The average Bonchev–Trinajstić information content (AvgIpc) is 2.56. The summed E-state index contributed by atoms with van der Waals surface area (Å²) in [5.74, 6) is -1.15. The molecule has 0 bridgehead atoms. The van der Waals surface area contributed by atoms with E-state index >= 15 is 0 Å². The highest BCUT2D eigenvalue weighted by molar-refractivity contribution is 5.69. The smallest absolute Gasteiger partial charge is 0.308 e. The molecule has 1 rings (SSSR count). The Bertz CT molecular complexity index is 449. The summed E-state index contributed by atoms with van der Waals surface area (Å²) >= 11 is 0. The van der Waals surface area contributed by atoms with Gasteiger partial charge in [-0.2, -0.15) is 0 Å². The van der Waals surface area contributed by atoms with E-state index in [0.29, 0.717) is 25.7 Å². The number of methoxy groups -OCH3 is 2. The summed E-state index contributed by atoms with van der Waals surface area (Å²) in [6, 6.07) is 0. The average molecular weight is 360 g/mol. The topological polar surface area (TPSA) is 94.5 Å². The van der Waals surface area contributed by atoms with Crippen molar-refractivity contribution in [1.82, 2.24) is 0 Å². The summed E-state index contributed by atoms with van der Waals surface area (Å²) in [5.41, 5.74) is 0.741. The fourth-order valence-electron chi connectivity index (χ4n) is 2.85. The molecule has 1 saturated heterocycles. The van der Waals surface area contributed by atoms with E-state index in [4.69, 9.17) is 14.5 Å². The molecule has 0 aliphatic carbocycles. The van der Waals surface area contributed by atoms with Crippen LogP contribution in [0.25, 0.3) is 0 Å². The highest BCUT2D eigenvalue weighted by Crippen LogP contribution is 2.36. The van der Waals surface area contributed by atoms with Gasteiger partial charge in [-0.1, -0.05) is 13.0 Å². The number of rotatable bonds is 9. The minimum absolute atomic E-state index is 0.0649. The third-order valence-corrected chi connectivity index (χ3v) is 4.73. The number of ether oxygens (including phenoxy) is 2. The first kappa shape index (κ1) is 22.1. The van der Waals surface area contributed by atoms with Gasteiger partial charge in [0.1, 0.15) is 6.10 Å². The van der Waals surface area contributed by atoms with Gasteiger partial charge in [0.2, 0.25) is 5.79 Å². The van der Waals surface area contributed by atoms with Crippen LogP contribution in [0.1, 0.15) is 52.9 Å². The molecule has 0 spiro atoms. The fourth-order valence-corrected chi connectivity index (χ4v) is 2.85. The lowest BCUT2D eigenvalue weighted by Crippen LogP contribution is -2.46. The van der Waals surface area contributed by atoms with Crippen LogP contribution >= 0.6 is 0 Å². The second-order valence-electron chi connectivity index (χ2n) is 6.84. The maximum absolute atomic E-state index is 11.4. The first-order valence-electron chi connectivity index (χ1n) is 8.74. The molecule has 1 fully saturated rings. The van der Waals surface area contributed by atoms with Crippen molar-refractivity contribution in [2.45, 2.75) is 77.0 Å². The molecule has 5 atom stereocenters. The van der Waals surface area contributed by atoms with Gasteiger partial charge in [0.25, 0.3) is 0 Å². The lowest BCUT2D eigenvalue weighted by molar-refractivity contribution is -0.475. The summed E-state index contributed by atoms with van der Waals surface area (Å²) in [6.07, 6.45) is 2.57. The largest absolute Gasteiger partial charge is 0.469 e. The summed E-state index contributed by atoms with van der Waals surface area (Å²) in [4.78, 5) is 22.3. The molecule has 0 saturated carbocycles. The molecule has 1 aliphatic rings. The molecule has 7 nitrogen and oxygen atoms in total. The lowest BCUT2D eigenvalue weighted by atomic mass is 9.89. The van der Waals surface area contributed by atoms with Crippen LogP contribution in [-0.4, -0.2) is 54.5 Å². The maximum Gasteiger partial charge on any atom is 0.308 e. The normalized spacial score (nSPS) is 30.0. The van der Waals surface area contributed by atoms with Gasteiger partial charge in [0, 0.05) is 20.0 Å². The number of aliphatic hydroxyl groups excluding tert-OH is 2. The molecule has 1 heterocycles. The monoisotopic (exact) mass is 360 g/mol. The van der Waals surface area contributed by atoms with Crippen molar-refractivity contribution in [2.24, 2.45) is 5.92 Å². The van der Waals surface area contributed by atoms with Crippen molar-refractivity contribution >= 4 is 5.97 Å². The van der Waals surface area contributed by atoms with Crippen LogP contribution in [0.2, 0.25) is 0 Å². The fraction of sp³-hybridized carbons (Fsp3) is 0.833. The molecule has 0 amide bonds. The number of carbonyl (C=O) groups excluding carboxylic acids is 1. The van der Waals surface area contributed by atoms with Gasteiger partial charge < -0.3 is 19.7 Å². The van der Waals surface area contributed by atoms with E-state index in [2.05, 4.69) is 4.74 Å². The van der Waals surface area contributed by atoms with Gasteiger partial charge >= 0.3 is 5.97 Å². The van der Waals surface area contributed by atoms with Crippen molar-refractivity contribution < 1.29 is 34.3 Å². The zero-order chi connectivity index (χ0) is 19.0. The van der Waals surface area contributed by atoms with Crippen LogP contribution in [0.4, 0.5) is 0 Å². The molecular formula is C18H32O7. The quantitative estimate of drug-likeness (QED) is 0.369. The van der Waals surface area contributed by atoms with E-state index in [1.165, 1.54) is 7.11 Å². The van der Waals surface area contributed by atoms with Crippen LogP contribution in [0.5, 0.6) is 0 Å². The van der Waals surface area contributed by atoms with Gasteiger partial charge in [-0.25, -0.2) is 9.78 Å². The number of hydrogen-bond acceptors (Lipinski definition) is 7. The number of esters is 1. The zero-order valence-electron chi connectivity index (χ0n) is 15.9. The Morgan fingerprint density at radius 2 is 2.08 bits per heavy atom. The first-order chi connectivity index (χ1) is 11.7. The molecular weight excluding hydrogens is 328 g/mol. The Morgan fingerprint density at radius 3 is 2.60 bits per heavy atom. The van der Waals surface area contributed by atoms with Gasteiger partial charge in [-0.05, 0) is 38.2 Å². The van der Waals surface area contributed by atoms with Gasteiger partial charge in [0.15, 0.2) is 0 Å². The standard InChI is InChI=1S/C18H32O7/c1-12(14(3)19)9-15(20)7-6-8-18(23-5)11-13(2)16(24-25-18)10-17(21)22-4/h9,13-16,19-20H,6-8,10-11H2,1-5H3/b12-9+/t13-,14-,15-,16-,18+/m1/s1. The highest BCUT2D eigenvalue weighted by Gasteiger charge is 2.42. The summed E-state index contributed by atoms with van der Waals surface area (Å²) in [6.45, 7) is 5.43. The van der Waals surface area contributed by atoms with E-state index in [0.717, 1.165) is 5.57 Å². The zero-order valence-corrected chi connectivity index (χ0v) is 15.9. The first-order valence-corrected chi connectivity index (χ1v) is 8.74. The Balaban J connectivity index is 2.51. The number of aliphatic hydroxyl groups is 2. The Labute approximate surface area is 149 Å². The molecule has 0 radical (unpaired) electrons. The summed E-state index contributed by atoms with van der Waals surface area (Å²) in [7, 11) is 2.90. The van der Waals surface area contributed by atoms with Crippen LogP contribution < -0.4 is 0 Å². The molecule has 7 heteroatoms. The van der Waals surface area contributed by atoms with Crippen LogP contribution in [0, 0.1) is 5.92 Å². The van der Waals surface area contributed by atoms with Crippen molar-refractivity contribution in [2.75, 3.05) is 14.2 Å². The molecule has 1 aliphatic heterocycles. The van der Waals surface area contributed by atoms with Crippen molar-refractivity contribution in [3.05, 3.63) is 11.6 Å². The second kappa shape index (κ2) is 10.2. The minimum atomic E-state index is -0.880. The third-order valence-electron chi connectivity index (χ3n) is 4.73. The predicted octanol–water partition coefficient (Wildman–Crippen LogP) is 2.11. The minimum Gasteiger partial charge on any atom is -0.469 e. The van der Waals surface area contributed by atoms with Crippen molar-refractivity contribution in [1.29, 1.82) is 0 Å². The van der Waals surface area contributed by atoms with Crippen LogP contribution in [0.15, 0.2) is 11.6 Å². The summed E-state index contributed by atoms with van der Waals surface area (Å²) < 4.78 is 10.2. The van der Waals surface area contributed by atoms with E-state index in [1.54, 1.807) is 27.0 Å². The number of hydrogen-bond donors (Lipinski definition) is 2. The molecule has 0 aromatic rings. The SMILES string of the molecule is COC(=O)C[C@H]1OO[C@](CCC[C@@H](O)/C=C(\C)[C@@H](C)O)(OC)C[C@H]1C. The van der Waals surface area contributed by atoms with E-state index in [1.807, 2.05) is 6.92 Å². The molecule has 0 aromatic heterocycles. The van der Waals surface area contributed by atoms with Crippen molar-refractivity contribution in [3.8, 4) is 0 Å². The molecule has 0 aromatic carbocycles. The maximum atomic E-state index is 11.4.